The quantitative estimate of drug-likeness (QED) is 0.0173. The molecule has 3 saturated heterocycles. The van der Waals surface area contributed by atoms with Gasteiger partial charge in [-0.25, -0.2) is 38.4 Å². The molecule has 110 heavy (non-hydrogen) atoms. The van der Waals surface area contributed by atoms with Gasteiger partial charge in [0, 0.05) is 13.8 Å². The Morgan fingerprint density at radius 2 is 0.527 bits per heavy atom. The van der Waals surface area contributed by atoms with Gasteiger partial charge in [0.2, 0.25) is 12.2 Å². The molecular weight excluding hydrogens is 1500 g/mol. The average molecular weight is 1570 g/mol. The zero-order valence-corrected chi connectivity index (χ0v) is 60.4. The van der Waals surface area contributed by atoms with Gasteiger partial charge in [0.25, 0.3) is 3.79 Å². The SMILES string of the molecule is CC(=O)O[C@H]1[C@@H](OC(=N)C(Cl)(Cl)Cl)O[C@H](CO[C@@H]2O[C@H](COC(=O)c3ccccc3)[C@@H](OC(=O)c3ccccc3)[C@H](OC(=O)c3ccccc3)[C@H]2OC(=O)c2ccccc2)[C@@H](OC(C)=O)[C@@H]1O[C@@H]1O[C@H](COC(=O)c2ccccc2)[C@H](OC(=O)c2ccccc2)[C@H](OC(=O)c2ccccc2)[C@H]1OC(=O)c1ccccc1. The highest BCUT2D eigenvalue weighted by molar-refractivity contribution is 6.76. The molecule has 0 spiro atoms. The number of nitrogens with one attached hydrogen (secondary N) is 1. The molecule has 8 aromatic rings. The third-order valence-corrected chi connectivity index (χ3v) is 17.4. The zero-order valence-electron chi connectivity index (χ0n) is 58.1. The van der Waals surface area contributed by atoms with Gasteiger partial charge < -0.3 is 75.8 Å². The van der Waals surface area contributed by atoms with E-state index in [2.05, 4.69) is 0 Å². The smallest absolute Gasteiger partial charge is 0.338 e. The summed E-state index contributed by atoms with van der Waals surface area (Å²) >= 11 is 18.8. The van der Waals surface area contributed by atoms with Gasteiger partial charge >= 0.3 is 59.7 Å². The summed E-state index contributed by atoms with van der Waals surface area (Å²) in [6.45, 7) is -0.932. The second-order valence-electron chi connectivity index (χ2n) is 24.5. The molecule has 1 N–H and O–H groups in total. The van der Waals surface area contributed by atoms with Crippen LogP contribution in [0.1, 0.15) is 96.7 Å². The number of benzene rings is 8. The maximum atomic E-state index is 14.8. The summed E-state index contributed by atoms with van der Waals surface area (Å²) in [5.41, 5.74) is -0.356. The van der Waals surface area contributed by atoms with Crippen LogP contribution in [0.25, 0.3) is 0 Å². The predicted octanol–water partition coefficient (Wildman–Crippen LogP) is 10.9. The minimum absolute atomic E-state index is 0.0254. The number of rotatable bonds is 26. The molecule has 0 saturated carbocycles. The van der Waals surface area contributed by atoms with Gasteiger partial charge in [-0.15, -0.1) is 0 Å². The monoisotopic (exact) mass is 1560 g/mol. The molecule has 0 aliphatic carbocycles. The Morgan fingerprint density at radius 3 is 0.836 bits per heavy atom. The van der Waals surface area contributed by atoms with Crippen molar-refractivity contribution in [2.45, 2.75) is 110 Å². The molecule has 8 aromatic carbocycles. The van der Waals surface area contributed by atoms with Crippen LogP contribution in [0.15, 0.2) is 243 Å². The van der Waals surface area contributed by atoms with Gasteiger partial charge in [-0.3, -0.25) is 15.0 Å². The highest BCUT2D eigenvalue weighted by Gasteiger charge is 2.60. The van der Waals surface area contributed by atoms with Gasteiger partial charge in [0.15, 0.2) is 61.4 Å². The summed E-state index contributed by atoms with van der Waals surface area (Å²) in [6.07, 6.45) is -31.2. The van der Waals surface area contributed by atoms with Crippen LogP contribution in [0.4, 0.5) is 0 Å². The number of carbonyl (C=O) groups excluding carboxylic acids is 10. The molecule has 3 aliphatic heterocycles. The second kappa shape index (κ2) is 37.6. The first-order valence-corrected chi connectivity index (χ1v) is 35.1. The van der Waals surface area contributed by atoms with Crippen molar-refractivity contribution in [3.05, 3.63) is 287 Å². The number of hydrogen-bond acceptors (Lipinski definition) is 27. The highest BCUT2D eigenvalue weighted by atomic mass is 35.6. The minimum Gasteiger partial charge on any atom is -0.459 e. The van der Waals surface area contributed by atoms with Crippen molar-refractivity contribution in [2.24, 2.45) is 0 Å². The summed E-state index contributed by atoms with van der Waals surface area (Å²) < 4.78 is 98.1. The molecule has 3 fully saturated rings. The van der Waals surface area contributed by atoms with E-state index in [0.717, 1.165) is 13.8 Å². The van der Waals surface area contributed by atoms with Crippen LogP contribution in [0.5, 0.6) is 0 Å². The Labute approximate surface area is 643 Å². The van der Waals surface area contributed by atoms with Crippen LogP contribution < -0.4 is 0 Å². The summed E-state index contributed by atoms with van der Waals surface area (Å²) in [5, 5.41) is 8.90. The van der Waals surface area contributed by atoms with E-state index in [1.165, 1.54) is 170 Å². The fourth-order valence-electron chi connectivity index (χ4n) is 11.7. The van der Waals surface area contributed by atoms with E-state index in [9.17, 15) is 47.9 Å². The lowest BCUT2D eigenvalue weighted by Crippen LogP contribution is -2.68. The van der Waals surface area contributed by atoms with Crippen LogP contribution in [-0.2, 0) is 85.4 Å². The molecule has 11 rings (SSSR count). The summed E-state index contributed by atoms with van der Waals surface area (Å²) in [5.74, 6) is -11.9. The van der Waals surface area contributed by atoms with Crippen LogP contribution in [0, 0.1) is 5.41 Å². The van der Waals surface area contributed by atoms with E-state index in [-0.39, 0.29) is 44.5 Å². The number of carbonyl (C=O) groups is 10. The van der Waals surface area contributed by atoms with Crippen molar-refractivity contribution in [1.29, 1.82) is 5.41 Å². The molecule has 0 radical (unpaired) electrons. The standard InChI is InChI=1S/C80H68Cl3NO26/c1-46(85)98-59-58(45-97-76-65(107-74(93)54-39-23-9-24-40-54)62(105-72(91)52-35-19-7-20-36-52)60(103-70(89)50-31-15-5-16-32-50)56(100-76)43-95-68(87)48-27-11-3-12-28-48)102-78(110-79(84)80(81,82)83)66(99-47(2)86)64(59)109-77-67(108-75(94)55-41-25-10-26-42-55)63(106-73(92)53-37-21-8-22-38-53)61(104-71(90)51-33-17-6-18-34-51)57(101-77)44-96-69(88)49-29-13-4-14-30-49/h3-42,56-67,76-78,84H,43-45H2,1-2H3/t56-,57-,58-,59-,60-,61+,62+,63+,64+,65-,66-,67-,76-,77+,78-/m1/s1. The van der Waals surface area contributed by atoms with Crippen molar-refractivity contribution in [3.8, 4) is 0 Å². The number of ether oxygens (including phenoxy) is 16. The third-order valence-electron chi connectivity index (χ3n) is 16.9. The number of alkyl halides is 3. The van der Waals surface area contributed by atoms with Crippen LogP contribution in [0.2, 0.25) is 0 Å². The first-order chi connectivity index (χ1) is 53.1. The summed E-state index contributed by atoms with van der Waals surface area (Å²) in [4.78, 5) is 143. The molecule has 0 bridgehead atoms. The fraction of sp³-hybridized carbons (Fsp3) is 0.263. The molecule has 3 aliphatic rings. The van der Waals surface area contributed by atoms with Crippen LogP contribution in [-0.4, -0.2) is 181 Å². The van der Waals surface area contributed by atoms with E-state index < -0.39 is 181 Å². The van der Waals surface area contributed by atoms with E-state index in [1.54, 1.807) is 72.8 Å². The number of hydrogen-bond donors (Lipinski definition) is 1. The van der Waals surface area contributed by atoms with Gasteiger partial charge in [-0.05, 0) is 97.1 Å². The molecule has 570 valence electrons. The highest BCUT2D eigenvalue weighted by Crippen LogP contribution is 2.40. The topological polar surface area (TPSA) is 342 Å². The largest absolute Gasteiger partial charge is 0.459 e. The van der Waals surface area contributed by atoms with Crippen molar-refractivity contribution in [1.82, 2.24) is 0 Å². The Balaban J connectivity index is 1.05. The van der Waals surface area contributed by atoms with Gasteiger partial charge in [0.05, 0.1) is 51.1 Å². The Morgan fingerprint density at radius 1 is 0.291 bits per heavy atom. The van der Waals surface area contributed by atoms with Gasteiger partial charge in [-0.1, -0.05) is 180 Å². The van der Waals surface area contributed by atoms with Gasteiger partial charge in [-0.2, -0.15) is 0 Å². The lowest BCUT2D eigenvalue weighted by molar-refractivity contribution is -0.359. The molecule has 27 nitrogen and oxygen atoms in total. The Kier molecular flexibility index (Phi) is 27.2. The lowest BCUT2D eigenvalue weighted by Gasteiger charge is -2.49. The minimum atomic E-state index is -2.74. The number of esters is 10. The summed E-state index contributed by atoms with van der Waals surface area (Å²) in [6, 6.07) is 59.8. The van der Waals surface area contributed by atoms with Crippen LogP contribution >= 0.6 is 34.8 Å². The molecular formula is C80H68Cl3NO26. The fourth-order valence-corrected chi connectivity index (χ4v) is 11.9. The molecule has 30 heteroatoms. The normalized spacial score (nSPS) is 23.5. The van der Waals surface area contributed by atoms with Gasteiger partial charge in [0.1, 0.15) is 37.6 Å². The van der Waals surface area contributed by atoms with Crippen molar-refractivity contribution >= 4 is 100 Å². The Bertz CT molecular complexity index is 4500. The molecule has 0 aromatic heterocycles. The first-order valence-electron chi connectivity index (χ1n) is 34.0. The maximum Gasteiger partial charge on any atom is 0.338 e. The first kappa shape index (κ1) is 79.6. The molecule has 0 unspecified atom stereocenters. The third kappa shape index (κ3) is 20.9. The van der Waals surface area contributed by atoms with E-state index in [4.69, 9.17) is 116 Å². The number of halogens is 3. The zero-order chi connectivity index (χ0) is 77.8. The summed E-state index contributed by atoms with van der Waals surface area (Å²) in [7, 11) is 0. The van der Waals surface area contributed by atoms with Crippen LogP contribution in [0.3, 0.4) is 0 Å². The van der Waals surface area contributed by atoms with E-state index in [1.807, 2.05) is 0 Å². The Hall–Kier alpha value is -11.4. The van der Waals surface area contributed by atoms with Crippen molar-refractivity contribution in [3.63, 3.8) is 0 Å². The van der Waals surface area contributed by atoms with E-state index >= 15 is 0 Å². The maximum absolute atomic E-state index is 14.8. The molecule has 15 atom stereocenters. The second-order valence-corrected chi connectivity index (χ2v) is 26.8. The average Bonchev–Trinajstić information content (AvgIpc) is 0.763. The molecule has 0 amide bonds. The lowest BCUT2D eigenvalue weighted by atomic mass is 9.95. The predicted molar refractivity (Wildman–Crippen MR) is 384 cm³/mol. The van der Waals surface area contributed by atoms with Crippen molar-refractivity contribution < 1.29 is 124 Å². The molecule has 3 heterocycles. The van der Waals surface area contributed by atoms with E-state index in [0.29, 0.717) is 0 Å². The van der Waals surface area contributed by atoms with Crippen molar-refractivity contribution in [2.75, 3.05) is 19.8 Å².